The molecule has 7 heteroatoms. The smallest absolute Gasteiger partial charge is 0.276 e. The number of benzene rings is 2. The highest BCUT2D eigenvalue weighted by atomic mass is 35.5. The first-order chi connectivity index (χ1) is 15.9. The number of amides is 1. The van der Waals surface area contributed by atoms with E-state index in [0.717, 1.165) is 27.9 Å². The third kappa shape index (κ3) is 4.71. The molecule has 1 atom stereocenters. The molecular weight excluding hydrogens is 436 g/mol. The summed E-state index contributed by atoms with van der Waals surface area (Å²) >= 11 is 6.35. The van der Waals surface area contributed by atoms with Crippen molar-refractivity contribution in [2.24, 2.45) is 0 Å². The van der Waals surface area contributed by atoms with Crippen LogP contribution >= 0.6 is 11.6 Å². The largest absolute Gasteiger partial charge is 0.354 e. The van der Waals surface area contributed by atoms with Gasteiger partial charge in [0.05, 0.1) is 11.6 Å². The van der Waals surface area contributed by atoms with Crippen molar-refractivity contribution in [3.8, 4) is 0 Å². The SMILES string of the molecule is Cc1c2cnn(CC(=O)NCC(C)c3ccccc3)c(=O)c2c(C)n1Cc1ccccc1Cl. The number of nitrogens with one attached hydrogen (secondary N) is 1. The molecule has 6 nitrogen and oxygen atoms in total. The molecule has 2 heterocycles. The van der Waals surface area contributed by atoms with E-state index in [1.807, 2.05) is 68.4 Å². The lowest BCUT2D eigenvalue weighted by Gasteiger charge is -2.13. The monoisotopic (exact) mass is 462 g/mol. The van der Waals surface area contributed by atoms with E-state index in [4.69, 9.17) is 11.6 Å². The van der Waals surface area contributed by atoms with Crippen LogP contribution in [0.1, 0.15) is 35.4 Å². The molecule has 1 unspecified atom stereocenters. The summed E-state index contributed by atoms with van der Waals surface area (Å²) in [6.45, 7) is 6.87. The molecule has 0 bridgehead atoms. The van der Waals surface area contributed by atoms with Crippen LogP contribution in [0.15, 0.2) is 65.6 Å². The second-order valence-electron chi connectivity index (χ2n) is 8.36. The summed E-state index contributed by atoms with van der Waals surface area (Å²) in [7, 11) is 0. The summed E-state index contributed by atoms with van der Waals surface area (Å²) < 4.78 is 3.30. The highest BCUT2D eigenvalue weighted by molar-refractivity contribution is 6.31. The van der Waals surface area contributed by atoms with Crippen LogP contribution in [0.25, 0.3) is 10.8 Å². The summed E-state index contributed by atoms with van der Waals surface area (Å²) in [6.07, 6.45) is 1.67. The summed E-state index contributed by atoms with van der Waals surface area (Å²) in [5.74, 6) is -0.0670. The molecule has 170 valence electrons. The zero-order valence-electron chi connectivity index (χ0n) is 19.0. The fourth-order valence-corrected chi connectivity index (χ4v) is 4.35. The van der Waals surface area contributed by atoms with Gasteiger partial charge < -0.3 is 9.88 Å². The van der Waals surface area contributed by atoms with Crippen LogP contribution in [0.4, 0.5) is 0 Å². The predicted molar refractivity (Wildman–Crippen MR) is 132 cm³/mol. The Bertz CT molecular complexity index is 1360. The molecule has 4 aromatic rings. The molecule has 0 aliphatic rings. The molecule has 0 spiro atoms. The zero-order valence-corrected chi connectivity index (χ0v) is 19.8. The maximum Gasteiger partial charge on any atom is 0.276 e. The van der Waals surface area contributed by atoms with Crippen LogP contribution in [0.3, 0.4) is 0 Å². The summed E-state index contributed by atoms with van der Waals surface area (Å²) in [5, 5.41) is 9.25. The van der Waals surface area contributed by atoms with Gasteiger partial charge in [-0.25, -0.2) is 4.68 Å². The lowest BCUT2D eigenvalue weighted by Crippen LogP contribution is -2.35. The average Bonchev–Trinajstić information content (AvgIpc) is 3.06. The highest BCUT2D eigenvalue weighted by Gasteiger charge is 2.18. The van der Waals surface area contributed by atoms with Crippen molar-refractivity contribution < 1.29 is 4.79 Å². The Balaban J connectivity index is 1.54. The van der Waals surface area contributed by atoms with Crippen molar-refractivity contribution in [3.05, 3.63) is 98.7 Å². The average molecular weight is 463 g/mol. The van der Waals surface area contributed by atoms with Gasteiger partial charge >= 0.3 is 0 Å². The third-order valence-corrected chi connectivity index (χ3v) is 6.53. The Morgan fingerprint density at radius 3 is 2.48 bits per heavy atom. The van der Waals surface area contributed by atoms with Gasteiger partial charge in [0.25, 0.3) is 5.56 Å². The van der Waals surface area contributed by atoms with Crippen LogP contribution < -0.4 is 10.9 Å². The minimum atomic E-state index is -0.266. The predicted octanol–water partition coefficient (Wildman–Crippen LogP) is 4.44. The number of rotatable bonds is 7. The highest BCUT2D eigenvalue weighted by Crippen LogP contribution is 2.25. The number of fused-ring (bicyclic) bond motifs is 1. The lowest BCUT2D eigenvalue weighted by molar-refractivity contribution is -0.121. The quantitative estimate of drug-likeness (QED) is 0.441. The Kier molecular flexibility index (Phi) is 6.65. The van der Waals surface area contributed by atoms with E-state index in [9.17, 15) is 9.59 Å². The number of nitrogens with zero attached hydrogens (tertiary/aromatic N) is 3. The maximum absolute atomic E-state index is 13.2. The van der Waals surface area contributed by atoms with Gasteiger partial charge in [-0.05, 0) is 37.0 Å². The Morgan fingerprint density at radius 1 is 1.06 bits per heavy atom. The van der Waals surface area contributed by atoms with E-state index in [1.165, 1.54) is 4.68 Å². The number of halogens is 1. The summed E-state index contributed by atoms with van der Waals surface area (Å²) in [5.41, 5.74) is 3.64. The molecule has 2 aromatic carbocycles. The van der Waals surface area contributed by atoms with Gasteiger partial charge in [0, 0.05) is 34.9 Å². The van der Waals surface area contributed by atoms with Gasteiger partial charge in [0.1, 0.15) is 6.54 Å². The number of hydrogen-bond acceptors (Lipinski definition) is 3. The van der Waals surface area contributed by atoms with Crippen molar-refractivity contribution in [3.63, 3.8) is 0 Å². The molecule has 2 aromatic heterocycles. The van der Waals surface area contributed by atoms with E-state index in [0.29, 0.717) is 23.5 Å². The molecule has 0 aliphatic heterocycles. The van der Waals surface area contributed by atoms with Gasteiger partial charge in [0.2, 0.25) is 5.91 Å². The van der Waals surface area contributed by atoms with Crippen LogP contribution in [-0.2, 0) is 17.9 Å². The number of carbonyl (C=O) groups is 1. The third-order valence-electron chi connectivity index (χ3n) is 6.16. The second kappa shape index (κ2) is 9.63. The summed E-state index contributed by atoms with van der Waals surface area (Å²) in [6, 6.07) is 17.7. The minimum absolute atomic E-state index is 0.121. The molecule has 0 saturated heterocycles. The molecule has 0 radical (unpaired) electrons. The Morgan fingerprint density at radius 2 is 1.76 bits per heavy atom. The van der Waals surface area contributed by atoms with Gasteiger partial charge in [-0.15, -0.1) is 0 Å². The first kappa shape index (κ1) is 22.8. The van der Waals surface area contributed by atoms with Crippen molar-refractivity contribution in [2.45, 2.75) is 39.8 Å². The van der Waals surface area contributed by atoms with E-state index in [1.54, 1.807) is 6.20 Å². The normalized spacial score (nSPS) is 12.1. The number of carbonyl (C=O) groups excluding carboxylic acids is 1. The molecule has 4 rings (SSSR count). The molecule has 1 amide bonds. The zero-order chi connectivity index (χ0) is 23.5. The van der Waals surface area contributed by atoms with E-state index in [2.05, 4.69) is 21.9 Å². The van der Waals surface area contributed by atoms with Crippen LogP contribution in [0, 0.1) is 13.8 Å². The van der Waals surface area contributed by atoms with Crippen molar-refractivity contribution in [1.29, 1.82) is 0 Å². The minimum Gasteiger partial charge on any atom is -0.354 e. The van der Waals surface area contributed by atoms with Crippen molar-refractivity contribution in [1.82, 2.24) is 19.7 Å². The van der Waals surface area contributed by atoms with Crippen molar-refractivity contribution in [2.75, 3.05) is 6.54 Å². The van der Waals surface area contributed by atoms with Gasteiger partial charge in [-0.3, -0.25) is 9.59 Å². The maximum atomic E-state index is 13.2. The molecule has 0 aliphatic carbocycles. The molecular formula is C26H27ClN4O2. The number of aryl methyl sites for hydroxylation is 2. The second-order valence-corrected chi connectivity index (χ2v) is 8.77. The van der Waals surface area contributed by atoms with E-state index in [-0.39, 0.29) is 23.9 Å². The first-order valence-electron chi connectivity index (χ1n) is 11.0. The summed E-state index contributed by atoms with van der Waals surface area (Å²) in [4.78, 5) is 25.8. The van der Waals surface area contributed by atoms with Gasteiger partial charge in [0.15, 0.2) is 0 Å². The molecule has 0 saturated carbocycles. The van der Waals surface area contributed by atoms with Crippen LogP contribution in [0.5, 0.6) is 0 Å². The topological polar surface area (TPSA) is 68.9 Å². The van der Waals surface area contributed by atoms with E-state index < -0.39 is 0 Å². The Hall–Kier alpha value is -3.38. The fraction of sp³-hybridized carbons (Fsp3) is 0.269. The number of aromatic nitrogens is 3. The van der Waals surface area contributed by atoms with Crippen LogP contribution in [0.2, 0.25) is 5.02 Å². The first-order valence-corrected chi connectivity index (χ1v) is 11.3. The van der Waals surface area contributed by atoms with E-state index >= 15 is 0 Å². The Labute approximate surface area is 197 Å². The number of hydrogen-bond donors (Lipinski definition) is 1. The molecule has 1 N–H and O–H groups in total. The molecule has 33 heavy (non-hydrogen) atoms. The van der Waals surface area contributed by atoms with Gasteiger partial charge in [-0.1, -0.05) is 67.1 Å². The standard InChI is InChI=1S/C26H27ClN4O2/c1-17(20-9-5-4-6-10-20)13-28-24(32)16-31-26(33)25-19(3)30(18(2)22(25)14-29-31)15-21-11-7-8-12-23(21)27/h4-12,14,17H,13,15-16H2,1-3H3,(H,28,32). The van der Waals surface area contributed by atoms with Crippen LogP contribution in [-0.4, -0.2) is 26.8 Å². The lowest BCUT2D eigenvalue weighted by atomic mass is 10.0. The van der Waals surface area contributed by atoms with Gasteiger partial charge in [-0.2, -0.15) is 5.10 Å². The molecule has 0 fully saturated rings. The fourth-order valence-electron chi connectivity index (χ4n) is 4.15. The van der Waals surface area contributed by atoms with Crippen molar-refractivity contribution >= 4 is 28.3 Å².